The lowest BCUT2D eigenvalue weighted by atomic mass is 10.2. The van der Waals surface area contributed by atoms with Gasteiger partial charge in [-0.05, 0) is 58.7 Å². The molecule has 2 rings (SSSR count). The van der Waals surface area contributed by atoms with Gasteiger partial charge in [-0.3, -0.25) is 0 Å². The molecular formula is C20H34FN3O3S. The van der Waals surface area contributed by atoms with Crippen molar-refractivity contribution in [3.8, 4) is 0 Å². The highest BCUT2D eigenvalue weighted by Gasteiger charge is 2.23. The molecule has 28 heavy (non-hydrogen) atoms. The molecule has 0 bridgehead atoms. The van der Waals surface area contributed by atoms with Crippen molar-refractivity contribution in [1.29, 1.82) is 0 Å². The zero-order valence-corrected chi connectivity index (χ0v) is 18.2. The molecule has 1 aromatic carbocycles. The van der Waals surface area contributed by atoms with Gasteiger partial charge in [0.2, 0.25) is 10.0 Å². The van der Waals surface area contributed by atoms with Crippen LogP contribution in [0.4, 0.5) is 15.8 Å². The van der Waals surface area contributed by atoms with Crippen molar-refractivity contribution in [1.82, 2.24) is 4.72 Å². The van der Waals surface area contributed by atoms with E-state index in [1.807, 2.05) is 19.9 Å². The van der Waals surface area contributed by atoms with E-state index in [2.05, 4.69) is 14.9 Å². The number of unbranched alkanes of at least 4 members (excludes halogenated alkanes) is 2. The Morgan fingerprint density at radius 2 is 1.79 bits per heavy atom. The molecular weight excluding hydrogens is 381 g/mol. The molecule has 1 fully saturated rings. The lowest BCUT2D eigenvalue weighted by Gasteiger charge is -2.37. The molecule has 6 nitrogen and oxygen atoms in total. The summed E-state index contributed by atoms with van der Waals surface area (Å²) in [7, 11) is -3.19. The summed E-state index contributed by atoms with van der Waals surface area (Å²) < 4.78 is 46.1. The second-order valence-electron chi connectivity index (χ2n) is 7.80. The molecule has 1 aliphatic heterocycles. The Hall–Kier alpha value is -1.38. The Labute approximate surface area is 168 Å². The van der Waals surface area contributed by atoms with E-state index in [-0.39, 0.29) is 18.0 Å². The summed E-state index contributed by atoms with van der Waals surface area (Å²) in [6.45, 7) is 10.00. The Kier molecular flexibility index (Phi) is 8.52. The van der Waals surface area contributed by atoms with Gasteiger partial charge in [-0.1, -0.05) is 6.42 Å². The van der Waals surface area contributed by atoms with Crippen LogP contribution >= 0.6 is 0 Å². The SMILES string of the molecule is CC1CN(c2ccc(NCCCCCNS(=O)(=O)C(C)C)c(F)c2)CC(C)O1. The number of nitrogens with zero attached hydrogens (tertiary/aromatic N) is 1. The van der Waals surface area contributed by atoms with Crippen molar-refractivity contribution in [3.63, 3.8) is 0 Å². The molecule has 1 heterocycles. The van der Waals surface area contributed by atoms with E-state index in [0.717, 1.165) is 38.0 Å². The van der Waals surface area contributed by atoms with E-state index in [1.165, 1.54) is 0 Å². The fourth-order valence-corrected chi connectivity index (χ4v) is 4.03. The number of hydrogen-bond acceptors (Lipinski definition) is 5. The molecule has 1 aliphatic rings. The van der Waals surface area contributed by atoms with Crippen molar-refractivity contribution in [2.45, 2.75) is 64.4 Å². The van der Waals surface area contributed by atoms with Crippen LogP contribution in [0.2, 0.25) is 0 Å². The van der Waals surface area contributed by atoms with Gasteiger partial charge in [-0.15, -0.1) is 0 Å². The number of ether oxygens (including phenoxy) is 1. The molecule has 2 N–H and O–H groups in total. The molecule has 0 spiro atoms. The normalized spacial score (nSPS) is 20.6. The van der Waals surface area contributed by atoms with Crippen LogP contribution in [-0.4, -0.2) is 52.1 Å². The number of anilines is 2. The fraction of sp³-hybridized carbons (Fsp3) is 0.700. The van der Waals surface area contributed by atoms with Crippen LogP contribution in [0.15, 0.2) is 18.2 Å². The van der Waals surface area contributed by atoms with Crippen molar-refractivity contribution in [2.24, 2.45) is 0 Å². The zero-order chi connectivity index (χ0) is 20.7. The Morgan fingerprint density at radius 3 is 2.39 bits per heavy atom. The van der Waals surface area contributed by atoms with Gasteiger partial charge >= 0.3 is 0 Å². The number of benzene rings is 1. The summed E-state index contributed by atoms with van der Waals surface area (Å²) in [6, 6.07) is 5.30. The fourth-order valence-electron chi connectivity index (χ4n) is 3.26. The first-order valence-electron chi connectivity index (χ1n) is 10.1. The maximum absolute atomic E-state index is 14.4. The van der Waals surface area contributed by atoms with Gasteiger partial charge in [0.1, 0.15) is 5.82 Å². The van der Waals surface area contributed by atoms with Crippen LogP contribution in [0.1, 0.15) is 47.0 Å². The summed E-state index contributed by atoms with van der Waals surface area (Å²) >= 11 is 0. The van der Waals surface area contributed by atoms with Crippen LogP contribution in [0.3, 0.4) is 0 Å². The highest BCUT2D eigenvalue weighted by molar-refractivity contribution is 7.90. The van der Waals surface area contributed by atoms with Crippen molar-refractivity contribution in [2.75, 3.05) is 36.4 Å². The van der Waals surface area contributed by atoms with Crippen LogP contribution < -0.4 is 14.9 Å². The Morgan fingerprint density at radius 1 is 1.14 bits per heavy atom. The van der Waals surface area contributed by atoms with E-state index in [4.69, 9.17) is 4.74 Å². The monoisotopic (exact) mass is 415 g/mol. The maximum Gasteiger partial charge on any atom is 0.213 e. The molecule has 0 saturated carbocycles. The maximum atomic E-state index is 14.4. The molecule has 2 unspecified atom stereocenters. The largest absolute Gasteiger partial charge is 0.383 e. The second-order valence-corrected chi connectivity index (χ2v) is 10.1. The van der Waals surface area contributed by atoms with E-state index in [1.54, 1.807) is 26.0 Å². The average Bonchev–Trinajstić information content (AvgIpc) is 2.61. The zero-order valence-electron chi connectivity index (χ0n) is 17.4. The first kappa shape index (κ1) is 22.9. The third-order valence-electron chi connectivity index (χ3n) is 4.83. The van der Waals surface area contributed by atoms with Gasteiger partial charge in [0.25, 0.3) is 0 Å². The van der Waals surface area contributed by atoms with Crippen molar-refractivity contribution < 1.29 is 17.5 Å². The number of sulfonamides is 1. The molecule has 0 aliphatic carbocycles. The van der Waals surface area contributed by atoms with Gasteiger partial charge in [-0.25, -0.2) is 17.5 Å². The van der Waals surface area contributed by atoms with E-state index in [9.17, 15) is 12.8 Å². The lowest BCUT2D eigenvalue weighted by molar-refractivity contribution is -0.00523. The molecule has 8 heteroatoms. The van der Waals surface area contributed by atoms with Crippen LogP contribution in [0, 0.1) is 5.82 Å². The smallest absolute Gasteiger partial charge is 0.213 e. The number of halogens is 1. The predicted molar refractivity (Wildman–Crippen MR) is 113 cm³/mol. The standard InChI is InChI=1S/C20H34FN3O3S/c1-15(2)28(25,26)23-11-7-5-6-10-22-20-9-8-18(12-19(20)21)24-13-16(3)27-17(4)14-24/h8-9,12,15-17,22-23H,5-7,10-11,13-14H2,1-4H3. The summed E-state index contributed by atoms with van der Waals surface area (Å²) in [5.74, 6) is -0.256. The molecule has 0 aromatic heterocycles. The number of rotatable bonds is 10. The van der Waals surface area contributed by atoms with Gasteiger partial charge in [0, 0.05) is 31.9 Å². The van der Waals surface area contributed by atoms with Gasteiger partial charge in [-0.2, -0.15) is 0 Å². The van der Waals surface area contributed by atoms with Crippen LogP contribution in [-0.2, 0) is 14.8 Å². The van der Waals surface area contributed by atoms with Gasteiger partial charge in [0.15, 0.2) is 0 Å². The van der Waals surface area contributed by atoms with Crippen LogP contribution in [0.25, 0.3) is 0 Å². The minimum Gasteiger partial charge on any atom is -0.383 e. The highest BCUT2D eigenvalue weighted by Crippen LogP contribution is 2.25. The van der Waals surface area contributed by atoms with E-state index < -0.39 is 15.3 Å². The highest BCUT2D eigenvalue weighted by atomic mass is 32.2. The predicted octanol–water partition coefficient (Wildman–Crippen LogP) is 3.35. The Balaban J connectivity index is 1.72. The molecule has 2 atom stereocenters. The van der Waals surface area contributed by atoms with Gasteiger partial charge in [0.05, 0.1) is 23.1 Å². The summed E-state index contributed by atoms with van der Waals surface area (Å²) in [6.07, 6.45) is 2.76. The summed E-state index contributed by atoms with van der Waals surface area (Å²) in [4.78, 5) is 2.16. The summed E-state index contributed by atoms with van der Waals surface area (Å²) in [5, 5.41) is 2.72. The number of morpholine rings is 1. The first-order chi connectivity index (χ1) is 13.2. The third-order valence-corrected chi connectivity index (χ3v) is 6.68. The Bertz CT molecular complexity index is 717. The molecule has 0 radical (unpaired) electrons. The topological polar surface area (TPSA) is 70.7 Å². The second kappa shape index (κ2) is 10.4. The minimum absolute atomic E-state index is 0.134. The van der Waals surface area contributed by atoms with Crippen molar-refractivity contribution >= 4 is 21.4 Å². The lowest BCUT2D eigenvalue weighted by Crippen LogP contribution is -2.45. The molecule has 160 valence electrons. The molecule has 0 amide bonds. The first-order valence-corrected chi connectivity index (χ1v) is 11.7. The minimum atomic E-state index is -3.19. The number of hydrogen-bond donors (Lipinski definition) is 2. The molecule has 1 saturated heterocycles. The number of nitrogens with one attached hydrogen (secondary N) is 2. The van der Waals surface area contributed by atoms with Crippen LogP contribution in [0.5, 0.6) is 0 Å². The van der Waals surface area contributed by atoms with Crippen molar-refractivity contribution in [3.05, 3.63) is 24.0 Å². The third kappa shape index (κ3) is 6.90. The van der Waals surface area contributed by atoms with E-state index in [0.29, 0.717) is 18.8 Å². The summed E-state index contributed by atoms with van der Waals surface area (Å²) in [5.41, 5.74) is 1.38. The average molecular weight is 416 g/mol. The van der Waals surface area contributed by atoms with E-state index >= 15 is 0 Å². The quantitative estimate of drug-likeness (QED) is 0.574. The van der Waals surface area contributed by atoms with Gasteiger partial charge < -0.3 is 15.0 Å². The molecule has 1 aromatic rings.